The van der Waals surface area contributed by atoms with Crippen LogP contribution in [0.15, 0.2) is 0 Å². The normalized spacial score (nSPS) is 20.4. The van der Waals surface area contributed by atoms with Crippen LogP contribution in [0.3, 0.4) is 0 Å². The molecule has 1 saturated heterocycles. The Hall–Kier alpha value is -0.610. The fourth-order valence-electron chi connectivity index (χ4n) is 1.60. The summed E-state index contributed by atoms with van der Waals surface area (Å²) in [5.74, 6) is 0.0314. The average Bonchev–Trinajstić information content (AvgIpc) is 2.14. The van der Waals surface area contributed by atoms with Gasteiger partial charge in [0.2, 0.25) is 5.91 Å². The van der Waals surface area contributed by atoms with Crippen molar-refractivity contribution in [1.29, 1.82) is 0 Å². The molecule has 1 aliphatic rings. The van der Waals surface area contributed by atoms with E-state index in [1.165, 1.54) is 6.92 Å². The van der Waals surface area contributed by atoms with Gasteiger partial charge in [0.25, 0.3) is 0 Å². The molecule has 0 aromatic rings. The molecular formula is C10H20N2O2. The van der Waals surface area contributed by atoms with E-state index in [0.717, 1.165) is 32.6 Å². The summed E-state index contributed by atoms with van der Waals surface area (Å²) in [6, 6.07) is 0. The minimum atomic E-state index is 0.0314. The zero-order valence-corrected chi connectivity index (χ0v) is 9.06. The second kappa shape index (κ2) is 5.32. The standard InChI is InChI=1S/C10H20N2O2/c1-9(13)11-5-6-12-10(2)3-7-14-8-4-10/h12H,3-8H2,1-2H3,(H,11,13). The first-order valence-corrected chi connectivity index (χ1v) is 5.20. The first kappa shape index (κ1) is 11.5. The Bertz CT molecular complexity index is 189. The van der Waals surface area contributed by atoms with Crippen LogP contribution in [-0.4, -0.2) is 37.7 Å². The molecular weight excluding hydrogens is 180 g/mol. The summed E-state index contributed by atoms with van der Waals surface area (Å²) in [6.45, 7) is 6.95. The maximum absolute atomic E-state index is 10.6. The van der Waals surface area contributed by atoms with Gasteiger partial charge in [0.1, 0.15) is 0 Å². The average molecular weight is 200 g/mol. The lowest BCUT2D eigenvalue weighted by atomic mass is 9.92. The highest BCUT2D eigenvalue weighted by atomic mass is 16.5. The molecule has 1 aliphatic heterocycles. The number of rotatable bonds is 4. The third-order valence-corrected chi connectivity index (χ3v) is 2.65. The van der Waals surface area contributed by atoms with Crippen LogP contribution in [0.2, 0.25) is 0 Å². The quantitative estimate of drug-likeness (QED) is 0.641. The van der Waals surface area contributed by atoms with Gasteiger partial charge in [-0.1, -0.05) is 0 Å². The number of carbonyl (C=O) groups excluding carboxylic acids is 1. The molecule has 4 nitrogen and oxygen atoms in total. The molecule has 0 aromatic heterocycles. The molecule has 1 rings (SSSR count). The topological polar surface area (TPSA) is 50.4 Å². The van der Waals surface area contributed by atoms with Crippen LogP contribution in [0.1, 0.15) is 26.7 Å². The van der Waals surface area contributed by atoms with Crippen LogP contribution >= 0.6 is 0 Å². The smallest absolute Gasteiger partial charge is 0.216 e. The van der Waals surface area contributed by atoms with E-state index in [-0.39, 0.29) is 11.4 Å². The molecule has 0 spiro atoms. The predicted octanol–water partition coefficient (Wildman–Crippen LogP) is 0.281. The highest BCUT2D eigenvalue weighted by molar-refractivity contribution is 5.72. The minimum Gasteiger partial charge on any atom is -0.381 e. The number of hydrogen-bond acceptors (Lipinski definition) is 3. The van der Waals surface area contributed by atoms with E-state index in [9.17, 15) is 4.79 Å². The van der Waals surface area contributed by atoms with Gasteiger partial charge in [-0.2, -0.15) is 0 Å². The van der Waals surface area contributed by atoms with Gasteiger partial charge < -0.3 is 15.4 Å². The van der Waals surface area contributed by atoms with E-state index in [1.807, 2.05) is 0 Å². The van der Waals surface area contributed by atoms with Gasteiger partial charge in [-0.3, -0.25) is 4.79 Å². The number of ether oxygens (including phenoxy) is 1. The molecule has 2 N–H and O–H groups in total. The molecule has 82 valence electrons. The molecule has 0 radical (unpaired) electrons. The van der Waals surface area contributed by atoms with E-state index in [4.69, 9.17) is 4.74 Å². The van der Waals surface area contributed by atoms with Crippen molar-refractivity contribution >= 4 is 5.91 Å². The summed E-state index contributed by atoms with van der Waals surface area (Å²) in [5, 5.41) is 6.23. The van der Waals surface area contributed by atoms with Crippen molar-refractivity contribution in [3.05, 3.63) is 0 Å². The second-order valence-electron chi connectivity index (χ2n) is 4.08. The van der Waals surface area contributed by atoms with Crippen LogP contribution in [-0.2, 0) is 9.53 Å². The Labute approximate surface area is 85.4 Å². The van der Waals surface area contributed by atoms with E-state index >= 15 is 0 Å². The molecule has 0 bridgehead atoms. The van der Waals surface area contributed by atoms with Crippen molar-refractivity contribution in [2.75, 3.05) is 26.3 Å². The molecule has 0 atom stereocenters. The summed E-state index contributed by atoms with van der Waals surface area (Å²) < 4.78 is 5.30. The Balaban J connectivity index is 2.12. The Kier molecular flexibility index (Phi) is 4.35. The molecule has 0 saturated carbocycles. The second-order valence-corrected chi connectivity index (χ2v) is 4.08. The Morgan fingerprint density at radius 2 is 2.00 bits per heavy atom. The number of amides is 1. The van der Waals surface area contributed by atoms with Crippen LogP contribution in [0.5, 0.6) is 0 Å². The SMILES string of the molecule is CC(=O)NCCNC1(C)CCOCC1. The van der Waals surface area contributed by atoms with Crippen LogP contribution in [0, 0.1) is 0 Å². The van der Waals surface area contributed by atoms with Crippen molar-refractivity contribution in [1.82, 2.24) is 10.6 Å². The van der Waals surface area contributed by atoms with E-state index in [2.05, 4.69) is 17.6 Å². The highest BCUT2D eigenvalue weighted by Gasteiger charge is 2.25. The molecule has 0 aromatic carbocycles. The molecule has 4 heteroatoms. The lowest BCUT2D eigenvalue weighted by molar-refractivity contribution is -0.118. The molecule has 0 aliphatic carbocycles. The van der Waals surface area contributed by atoms with Crippen molar-refractivity contribution in [3.63, 3.8) is 0 Å². The molecule has 1 amide bonds. The molecule has 1 fully saturated rings. The molecule has 14 heavy (non-hydrogen) atoms. The summed E-state index contributed by atoms with van der Waals surface area (Å²) in [5.41, 5.74) is 0.191. The van der Waals surface area contributed by atoms with Crippen molar-refractivity contribution in [2.24, 2.45) is 0 Å². The van der Waals surface area contributed by atoms with Crippen LogP contribution in [0.25, 0.3) is 0 Å². The van der Waals surface area contributed by atoms with Crippen molar-refractivity contribution < 1.29 is 9.53 Å². The summed E-state index contributed by atoms with van der Waals surface area (Å²) in [6.07, 6.45) is 2.10. The molecule has 0 unspecified atom stereocenters. The van der Waals surface area contributed by atoms with Crippen LogP contribution in [0.4, 0.5) is 0 Å². The van der Waals surface area contributed by atoms with Gasteiger partial charge in [0.05, 0.1) is 0 Å². The number of nitrogens with one attached hydrogen (secondary N) is 2. The van der Waals surface area contributed by atoms with Crippen LogP contribution < -0.4 is 10.6 Å². The maximum Gasteiger partial charge on any atom is 0.216 e. The fourth-order valence-corrected chi connectivity index (χ4v) is 1.60. The summed E-state index contributed by atoms with van der Waals surface area (Å²) >= 11 is 0. The van der Waals surface area contributed by atoms with Gasteiger partial charge in [0.15, 0.2) is 0 Å². The molecule has 1 heterocycles. The van der Waals surface area contributed by atoms with E-state index in [0.29, 0.717) is 6.54 Å². The third-order valence-electron chi connectivity index (χ3n) is 2.65. The fraction of sp³-hybridized carbons (Fsp3) is 0.900. The van der Waals surface area contributed by atoms with Gasteiger partial charge in [0, 0.05) is 38.8 Å². The lowest BCUT2D eigenvalue weighted by Crippen LogP contribution is -2.49. The van der Waals surface area contributed by atoms with Crippen molar-refractivity contribution in [3.8, 4) is 0 Å². The minimum absolute atomic E-state index is 0.0314. The van der Waals surface area contributed by atoms with Gasteiger partial charge in [-0.15, -0.1) is 0 Å². The number of carbonyl (C=O) groups is 1. The Morgan fingerprint density at radius 3 is 2.57 bits per heavy atom. The van der Waals surface area contributed by atoms with Crippen molar-refractivity contribution in [2.45, 2.75) is 32.2 Å². The zero-order valence-electron chi connectivity index (χ0n) is 9.06. The van der Waals surface area contributed by atoms with Gasteiger partial charge in [-0.05, 0) is 19.8 Å². The largest absolute Gasteiger partial charge is 0.381 e. The third kappa shape index (κ3) is 4.07. The monoisotopic (exact) mass is 200 g/mol. The summed E-state index contributed by atoms with van der Waals surface area (Å²) in [7, 11) is 0. The lowest BCUT2D eigenvalue weighted by Gasteiger charge is -2.34. The van der Waals surface area contributed by atoms with E-state index < -0.39 is 0 Å². The van der Waals surface area contributed by atoms with E-state index in [1.54, 1.807) is 0 Å². The highest BCUT2D eigenvalue weighted by Crippen LogP contribution is 2.18. The van der Waals surface area contributed by atoms with Gasteiger partial charge in [-0.25, -0.2) is 0 Å². The first-order chi connectivity index (χ1) is 6.62. The predicted molar refractivity (Wildman–Crippen MR) is 55.1 cm³/mol. The first-order valence-electron chi connectivity index (χ1n) is 5.20. The maximum atomic E-state index is 10.6. The number of hydrogen-bond donors (Lipinski definition) is 2. The Morgan fingerprint density at radius 1 is 1.36 bits per heavy atom. The van der Waals surface area contributed by atoms with Gasteiger partial charge >= 0.3 is 0 Å². The summed E-state index contributed by atoms with van der Waals surface area (Å²) in [4.78, 5) is 10.6. The zero-order chi connectivity index (χ0) is 10.4.